The summed E-state index contributed by atoms with van der Waals surface area (Å²) in [7, 11) is 0. The van der Waals surface area contributed by atoms with Gasteiger partial charge in [0.15, 0.2) is 0 Å². The highest BCUT2D eigenvalue weighted by Gasteiger charge is 2.31. The number of pyridine rings is 1. The number of halogens is 3. The van der Waals surface area contributed by atoms with Crippen molar-refractivity contribution in [2.24, 2.45) is 0 Å². The summed E-state index contributed by atoms with van der Waals surface area (Å²) in [5.74, 6) is 0.0381. The van der Waals surface area contributed by atoms with E-state index in [0.29, 0.717) is 36.9 Å². The molecular weight excluding hydrogens is 381 g/mol. The molecule has 0 saturated carbocycles. The Balaban J connectivity index is 1.58. The molecule has 4 rings (SSSR count). The van der Waals surface area contributed by atoms with Crippen LogP contribution in [0.5, 0.6) is 0 Å². The van der Waals surface area contributed by atoms with Crippen molar-refractivity contribution >= 4 is 16.7 Å². The maximum absolute atomic E-state index is 13.0. The number of aromatic amines is 1. The molecule has 1 fully saturated rings. The van der Waals surface area contributed by atoms with Gasteiger partial charge in [0.1, 0.15) is 0 Å². The smallest absolute Gasteiger partial charge is 0.339 e. The minimum atomic E-state index is -4.50. The van der Waals surface area contributed by atoms with Crippen LogP contribution in [0.1, 0.15) is 40.2 Å². The largest absolute Gasteiger partial charge is 0.416 e. The molecule has 1 saturated heterocycles. The number of nitrogens with zero attached hydrogens (tertiary/aromatic N) is 1. The van der Waals surface area contributed by atoms with Crippen molar-refractivity contribution in [2.75, 3.05) is 13.1 Å². The third-order valence-electron chi connectivity index (χ3n) is 5.50. The molecule has 7 heteroatoms. The highest BCUT2D eigenvalue weighted by atomic mass is 19.4. The van der Waals surface area contributed by atoms with Crippen molar-refractivity contribution < 1.29 is 18.0 Å². The Morgan fingerprint density at radius 1 is 1.00 bits per heavy atom. The number of likely N-dealkylation sites (tertiary alicyclic amines) is 1. The molecule has 0 bridgehead atoms. The summed E-state index contributed by atoms with van der Waals surface area (Å²) in [5, 5.41) is 0.578. The normalized spacial score (nSPS) is 15.6. The van der Waals surface area contributed by atoms with E-state index in [1.807, 2.05) is 18.2 Å². The lowest BCUT2D eigenvalue weighted by molar-refractivity contribution is -0.137. The molecule has 1 aliphatic heterocycles. The Kier molecular flexibility index (Phi) is 4.90. The van der Waals surface area contributed by atoms with Gasteiger partial charge in [-0.05, 0) is 54.0 Å². The lowest BCUT2D eigenvalue weighted by Gasteiger charge is -2.32. The van der Waals surface area contributed by atoms with Crippen LogP contribution < -0.4 is 5.56 Å². The highest BCUT2D eigenvalue weighted by Crippen LogP contribution is 2.35. The van der Waals surface area contributed by atoms with Crippen LogP contribution in [-0.2, 0) is 6.18 Å². The number of hydrogen-bond donors (Lipinski definition) is 1. The highest BCUT2D eigenvalue weighted by molar-refractivity contribution is 5.94. The van der Waals surface area contributed by atoms with Crippen molar-refractivity contribution in [2.45, 2.75) is 24.9 Å². The van der Waals surface area contributed by atoms with Crippen molar-refractivity contribution in [3.05, 3.63) is 81.8 Å². The second-order valence-corrected chi connectivity index (χ2v) is 7.26. The van der Waals surface area contributed by atoms with Gasteiger partial charge in [0.05, 0.1) is 5.56 Å². The van der Waals surface area contributed by atoms with E-state index in [1.54, 1.807) is 23.2 Å². The first-order valence-corrected chi connectivity index (χ1v) is 9.41. The molecular formula is C22H19F3N2O2. The quantitative estimate of drug-likeness (QED) is 0.685. The minimum absolute atomic E-state index is 0.0230. The monoisotopic (exact) mass is 400 g/mol. The minimum Gasteiger partial charge on any atom is -0.339 e. The maximum Gasteiger partial charge on any atom is 0.416 e. The zero-order valence-corrected chi connectivity index (χ0v) is 15.5. The van der Waals surface area contributed by atoms with Crippen molar-refractivity contribution in [3.63, 3.8) is 0 Å². The summed E-state index contributed by atoms with van der Waals surface area (Å²) in [6.07, 6.45) is -1.54. The van der Waals surface area contributed by atoms with Gasteiger partial charge in [-0.25, -0.2) is 0 Å². The second kappa shape index (κ2) is 7.39. The zero-order chi connectivity index (χ0) is 20.6. The lowest BCUT2D eigenvalue weighted by atomic mass is 9.87. The summed E-state index contributed by atoms with van der Waals surface area (Å²) in [4.78, 5) is 29.1. The van der Waals surface area contributed by atoms with Crippen LogP contribution in [0, 0.1) is 0 Å². The van der Waals surface area contributed by atoms with Crippen molar-refractivity contribution in [1.29, 1.82) is 0 Å². The number of piperidine rings is 1. The first-order chi connectivity index (χ1) is 13.8. The number of H-pyrrole nitrogens is 1. The fourth-order valence-electron chi connectivity index (χ4n) is 3.95. The van der Waals surface area contributed by atoms with Crippen LogP contribution in [0.25, 0.3) is 10.8 Å². The number of rotatable bonds is 2. The third-order valence-corrected chi connectivity index (χ3v) is 5.50. The van der Waals surface area contributed by atoms with E-state index in [4.69, 9.17) is 0 Å². The van der Waals surface area contributed by atoms with E-state index in [0.717, 1.165) is 17.7 Å². The van der Waals surface area contributed by atoms with Gasteiger partial charge in [-0.2, -0.15) is 13.2 Å². The molecule has 1 aliphatic rings. The Hall–Kier alpha value is -3.09. The van der Waals surface area contributed by atoms with Gasteiger partial charge in [0, 0.05) is 30.2 Å². The molecule has 3 aromatic rings. The number of carbonyl (C=O) groups excluding carboxylic acids is 1. The predicted molar refractivity (Wildman–Crippen MR) is 104 cm³/mol. The topological polar surface area (TPSA) is 53.2 Å². The number of aromatic nitrogens is 1. The van der Waals surface area contributed by atoms with Crippen LogP contribution in [-0.4, -0.2) is 28.9 Å². The van der Waals surface area contributed by atoms with E-state index in [2.05, 4.69) is 4.98 Å². The molecule has 0 atom stereocenters. The summed E-state index contributed by atoms with van der Waals surface area (Å²) in [6.45, 7) is 1.11. The van der Waals surface area contributed by atoms with Crippen LogP contribution >= 0.6 is 0 Å². The van der Waals surface area contributed by atoms with Gasteiger partial charge in [-0.15, -0.1) is 0 Å². The number of hydrogen-bond acceptors (Lipinski definition) is 2. The first-order valence-electron chi connectivity index (χ1n) is 9.41. The average molecular weight is 400 g/mol. The summed E-state index contributed by atoms with van der Waals surface area (Å²) >= 11 is 0. The molecule has 0 unspecified atom stereocenters. The lowest BCUT2D eigenvalue weighted by Crippen LogP contribution is -2.38. The summed E-state index contributed by atoms with van der Waals surface area (Å²) in [5.41, 5.74) is 0.0859. The van der Waals surface area contributed by atoms with Crippen molar-refractivity contribution in [3.8, 4) is 0 Å². The molecule has 1 N–H and O–H groups in total. The SMILES string of the molecule is O=C(c1ccccc1)N1CCC(c2c[nH]c(=O)c3cc(C(F)(F)F)ccc23)CC1. The summed E-state index contributed by atoms with van der Waals surface area (Å²) in [6, 6.07) is 12.4. The Morgan fingerprint density at radius 2 is 1.69 bits per heavy atom. The van der Waals surface area contributed by atoms with Gasteiger partial charge in [-0.1, -0.05) is 24.3 Å². The van der Waals surface area contributed by atoms with Crippen molar-refractivity contribution in [1.82, 2.24) is 9.88 Å². The van der Waals surface area contributed by atoms with Gasteiger partial charge < -0.3 is 9.88 Å². The second-order valence-electron chi connectivity index (χ2n) is 7.26. The van der Waals surface area contributed by atoms with E-state index < -0.39 is 17.3 Å². The standard InChI is InChI=1S/C22H19F3N2O2/c23-22(24,25)16-6-7-17-18(12-16)20(28)26-13-19(17)14-8-10-27(11-9-14)21(29)15-4-2-1-3-5-15/h1-7,12-14H,8-11H2,(H,26,28). The van der Waals surface area contributed by atoms with E-state index in [1.165, 1.54) is 6.07 Å². The molecule has 0 spiro atoms. The number of amides is 1. The Labute approximate surface area is 165 Å². The molecule has 150 valence electrons. The number of fused-ring (bicyclic) bond motifs is 1. The van der Waals surface area contributed by atoms with Crippen LogP contribution in [0.4, 0.5) is 13.2 Å². The summed E-state index contributed by atoms with van der Waals surface area (Å²) < 4.78 is 39.0. The predicted octanol–water partition coefficient (Wildman–Crippen LogP) is 4.57. The zero-order valence-electron chi connectivity index (χ0n) is 15.5. The van der Waals surface area contributed by atoms with Gasteiger partial charge >= 0.3 is 6.18 Å². The van der Waals surface area contributed by atoms with Crippen LogP contribution in [0.2, 0.25) is 0 Å². The van der Waals surface area contributed by atoms with E-state index >= 15 is 0 Å². The Bertz CT molecular complexity index is 1100. The molecule has 2 aromatic carbocycles. The van der Waals surface area contributed by atoms with E-state index in [-0.39, 0.29) is 17.2 Å². The fraction of sp³-hybridized carbons (Fsp3) is 0.273. The van der Waals surface area contributed by atoms with Gasteiger partial charge in [0.2, 0.25) is 0 Å². The molecule has 0 radical (unpaired) electrons. The van der Waals surface area contributed by atoms with Gasteiger partial charge in [0.25, 0.3) is 11.5 Å². The number of benzene rings is 2. The maximum atomic E-state index is 13.0. The number of alkyl halides is 3. The first kappa shape index (κ1) is 19.2. The van der Waals surface area contributed by atoms with Gasteiger partial charge in [-0.3, -0.25) is 9.59 Å². The van der Waals surface area contributed by atoms with E-state index in [9.17, 15) is 22.8 Å². The third kappa shape index (κ3) is 3.77. The molecule has 1 amide bonds. The number of carbonyl (C=O) groups is 1. The fourth-order valence-corrected chi connectivity index (χ4v) is 3.95. The molecule has 29 heavy (non-hydrogen) atoms. The van der Waals surface area contributed by atoms with Crippen LogP contribution in [0.3, 0.4) is 0 Å². The molecule has 0 aliphatic carbocycles. The molecule has 1 aromatic heterocycles. The molecule has 4 nitrogen and oxygen atoms in total. The van der Waals surface area contributed by atoms with Crippen LogP contribution in [0.15, 0.2) is 59.5 Å². The average Bonchev–Trinajstić information content (AvgIpc) is 2.73. The molecule has 2 heterocycles. The number of nitrogens with one attached hydrogen (secondary N) is 1. The Morgan fingerprint density at radius 3 is 2.34 bits per heavy atom.